The molecule has 0 saturated carbocycles. The van der Waals surface area contributed by atoms with Crippen molar-refractivity contribution in [1.29, 1.82) is 0 Å². The third-order valence-corrected chi connectivity index (χ3v) is 6.88. The molecule has 0 amide bonds. The first kappa shape index (κ1) is 18.1. The van der Waals surface area contributed by atoms with Crippen molar-refractivity contribution in [2.75, 3.05) is 26.2 Å². The highest BCUT2D eigenvalue weighted by Gasteiger charge is 2.27. The van der Waals surface area contributed by atoms with Gasteiger partial charge in [0.1, 0.15) is 0 Å². The van der Waals surface area contributed by atoms with Crippen LogP contribution in [0.25, 0.3) is 22.5 Å². The van der Waals surface area contributed by atoms with Crippen LogP contribution < -0.4 is 0 Å². The zero-order chi connectivity index (χ0) is 19.3. The maximum Gasteiger partial charge on any atom is 0.0970 e. The smallest absolute Gasteiger partial charge is 0.0970 e. The molecular weight excluding hydrogens is 364 g/mol. The molecule has 3 aromatic rings. The molecule has 0 unspecified atom stereocenters. The molecule has 5 rings (SSSR count). The van der Waals surface area contributed by atoms with Crippen LogP contribution in [0.15, 0.2) is 35.0 Å². The lowest BCUT2D eigenvalue weighted by molar-refractivity contribution is 0.0591. The van der Waals surface area contributed by atoms with Crippen molar-refractivity contribution in [1.82, 2.24) is 20.0 Å². The normalized spacial score (nSPS) is 17.7. The van der Waals surface area contributed by atoms with Crippen molar-refractivity contribution in [3.05, 3.63) is 51.7 Å². The summed E-state index contributed by atoms with van der Waals surface area (Å²) in [5.74, 6) is 0. The largest absolute Gasteiger partial charge is 0.297 e. The Morgan fingerprint density at radius 2 is 1.93 bits per heavy atom. The second kappa shape index (κ2) is 6.83. The van der Waals surface area contributed by atoms with Crippen LogP contribution in [0.5, 0.6) is 0 Å². The fourth-order valence-electron chi connectivity index (χ4n) is 4.53. The third kappa shape index (κ3) is 3.21. The van der Waals surface area contributed by atoms with E-state index in [1.807, 2.05) is 0 Å². The molecule has 5 heteroatoms. The number of aromatic amines is 1. The monoisotopic (exact) mass is 392 g/mol. The molecule has 0 bridgehead atoms. The molecule has 1 fully saturated rings. The van der Waals surface area contributed by atoms with Gasteiger partial charge in [0.25, 0.3) is 0 Å². The first-order valence-corrected chi connectivity index (χ1v) is 11.1. The fourth-order valence-corrected chi connectivity index (χ4v) is 5.17. The Bertz CT molecular complexity index is 973. The number of aromatic nitrogens is 2. The number of fused-ring (bicyclic) bond motifs is 3. The fraction of sp³-hybridized carbons (Fsp3) is 0.435. The van der Waals surface area contributed by atoms with Crippen LogP contribution in [-0.4, -0.2) is 51.7 Å². The summed E-state index contributed by atoms with van der Waals surface area (Å²) in [5.41, 5.74) is 9.36. The lowest BCUT2D eigenvalue weighted by Crippen LogP contribution is -2.53. The number of nitrogens with one attached hydrogen (secondary N) is 1. The Morgan fingerprint density at radius 3 is 2.64 bits per heavy atom. The SMILES string of the molecule is CC(C)(C)N1CCN(Cc2ccc3c(c2)-c2[nH]nc(-c4ccsc4)c2C3)CC1. The lowest BCUT2D eigenvalue weighted by atomic mass is 10.0. The van der Waals surface area contributed by atoms with Crippen LogP contribution in [0.4, 0.5) is 0 Å². The minimum Gasteiger partial charge on any atom is -0.297 e. The van der Waals surface area contributed by atoms with Gasteiger partial charge in [-0.15, -0.1) is 0 Å². The van der Waals surface area contributed by atoms with E-state index in [0.29, 0.717) is 0 Å². The van der Waals surface area contributed by atoms with Crippen LogP contribution >= 0.6 is 11.3 Å². The van der Waals surface area contributed by atoms with E-state index in [0.717, 1.165) is 44.8 Å². The highest BCUT2D eigenvalue weighted by molar-refractivity contribution is 7.08. The average molecular weight is 393 g/mol. The van der Waals surface area contributed by atoms with Gasteiger partial charge < -0.3 is 0 Å². The summed E-state index contributed by atoms with van der Waals surface area (Å²) in [4.78, 5) is 5.18. The van der Waals surface area contributed by atoms with Crippen molar-refractivity contribution < 1.29 is 0 Å². The Balaban J connectivity index is 1.33. The van der Waals surface area contributed by atoms with E-state index < -0.39 is 0 Å². The van der Waals surface area contributed by atoms with Crippen molar-refractivity contribution in [2.24, 2.45) is 0 Å². The van der Waals surface area contributed by atoms with E-state index in [1.165, 1.54) is 33.5 Å². The van der Waals surface area contributed by atoms with Crippen LogP contribution in [0.2, 0.25) is 0 Å². The summed E-state index contributed by atoms with van der Waals surface area (Å²) < 4.78 is 0. The van der Waals surface area contributed by atoms with Gasteiger partial charge >= 0.3 is 0 Å². The summed E-state index contributed by atoms with van der Waals surface area (Å²) in [6, 6.07) is 9.18. The summed E-state index contributed by atoms with van der Waals surface area (Å²) in [5, 5.41) is 12.2. The quantitative estimate of drug-likeness (QED) is 0.552. The molecule has 1 aliphatic heterocycles. The van der Waals surface area contributed by atoms with Gasteiger partial charge in [0.05, 0.1) is 11.4 Å². The van der Waals surface area contributed by atoms with Gasteiger partial charge in [0, 0.05) is 66.8 Å². The molecule has 1 aliphatic carbocycles. The number of hydrogen-bond donors (Lipinski definition) is 1. The molecule has 0 spiro atoms. The number of thiophene rings is 1. The van der Waals surface area contributed by atoms with Crippen molar-refractivity contribution in [2.45, 2.75) is 39.3 Å². The first-order valence-electron chi connectivity index (χ1n) is 10.2. The predicted octanol–water partition coefficient (Wildman–Crippen LogP) is 4.63. The highest BCUT2D eigenvalue weighted by Crippen LogP contribution is 2.40. The van der Waals surface area contributed by atoms with Gasteiger partial charge in [0.2, 0.25) is 0 Å². The molecule has 0 atom stereocenters. The van der Waals surface area contributed by atoms with Gasteiger partial charge in [-0.2, -0.15) is 16.4 Å². The summed E-state index contributed by atoms with van der Waals surface area (Å²) >= 11 is 1.73. The molecule has 3 heterocycles. The van der Waals surface area contributed by atoms with Crippen LogP contribution in [0.1, 0.15) is 37.5 Å². The van der Waals surface area contributed by atoms with E-state index in [9.17, 15) is 0 Å². The van der Waals surface area contributed by atoms with Gasteiger partial charge in [-0.3, -0.25) is 14.9 Å². The number of benzene rings is 1. The second-order valence-electron chi connectivity index (χ2n) is 9.04. The zero-order valence-corrected chi connectivity index (χ0v) is 17.8. The second-order valence-corrected chi connectivity index (χ2v) is 9.82. The van der Waals surface area contributed by atoms with Crippen LogP contribution in [-0.2, 0) is 13.0 Å². The van der Waals surface area contributed by atoms with E-state index in [2.05, 4.69) is 75.8 Å². The number of nitrogens with zero attached hydrogens (tertiary/aromatic N) is 3. The molecule has 0 radical (unpaired) electrons. The lowest BCUT2D eigenvalue weighted by Gasteiger charge is -2.42. The Labute approximate surface area is 171 Å². The topological polar surface area (TPSA) is 35.2 Å². The standard InChI is InChI=1S/C23H28N4S/c1-23(2,3)27-9-7-26(8-10-27)14-16-4-5-17-13-20-21(18-6-11-28-15-18)24-25-22(20)19(17)12-16/h4-6,11-12,15H,7-10,13-14H2,1-3H3,(H,24,25). The highest BCUT2D eigenvalue weighted by atomic mass is 32.1. The number of rotatable bonds is 3. The van der Waals surface area contributed by atoms with Gasteiger partial charge in [0.15, 0.2) is 0 Å². The minimum atomic E-state index is 0.275. The number of hydrogen-bond acceptors (Lipinski definition) is 4. The first-order chi connectivity index (χ1) is 13.5. The van der Waals surface area contributed by atoms with Crippen molar-refractivity contribution in [3.8, 4) is 22.5 Å². The molecule has 146 valence electrons. The summed E-state index contributed by atoms with van der Waals surface area (Å²) in [7, 11) is 0. The third-order valence-electron chi connectivity index (χ3n) is 6.20. The van der Waals surface area contributed by atoms with Crippen molar-refractivity contribution in [3.63, 3.8) is 0 Å². The van der Waals surface area contributed by atoms with Gasteiger partial charge in [-0.1, -0.05) is 12.1 Å². The summed E-state index contributed by atoms with van der Waals surface area (Å²) in [6.45, 7) is 12.6. The van der Waals surface area contributed by atoms with E-state index in [-0.39, 0.29) is 5.54 Å². The number of H-pyrrole nitrogens is 1. The Kier molecular flexibility index (Phi) is 4.42. The molecule has 1 saturated heterocycles. The van der Waals surface area contributed by atoms with Crippen LogP contribution in [0.3, 0.4) is 0 Å². The summed E-state index contributed by atoms with van der Waals surface area (Å²) in [6.07, 6.45) is 0.983. The van der Waals surface area contributed by atoms with E-state index in [4.69, 9.17) is 0 Å². The van der Waals surface area contributed by atoms with E-state index in [1.54, 1.807) is 11.3 Å². The Morgan fingerprint density at radius 1 is 1.11 bits per heavy atom. The van der Waals surface area contributed by atoms with Crippen LogP contribution in [0, 0.1) is 0 Å². The maximum atomic E-state index is 4.62. The molecule has 2 aliphatic rings. The zero-order valence-electron chi connectivity index (χ0n) is 17.0. The van der Waals surface area contributed by atoms with Gasteiger partial charge in [-0.05, 0) is 49.4 Å². The number of piperazine rings is 1. The molecule has 4 nitrogen and oxygen atoms in total. The molecule has 1 N–H and O–H groups in total. The minimum absolute atomic E-state index is 0.275. The average Bonchev–Trinajstić information content (AvgIpc) is 3.38. The molecule has 28 heavy (non-hydrogen) atoms. The van der Waals surface area contributed by atoms with Gasteiger partial charge in [-0.25, -0.2) is 0 Å². The maximum absolute atomic E-state index is 4.62. The molecule has 1 aromatic carbocycles. The predicted molar refractivity (Wildman–Crippen MR) is 117 cm³/mol. The Hall–Kier alpha value is -1.95. The molecular formula is C23H28N4S. The van der Waals surface area contributed by atoms with E-state index >= 15 is 0 Å². The van der Waals surface area contributed by atoms with Crippen molar-refractivity contribution >= 4 is 11.3 Å². The molecule has 2 aromatic heterocycles.